The highest BCUT2D eigenvalue weighted by Gasteiger charge is 2.16. The average molecular weight is 435 g/mol. The van der Waals surface area contributed by atoms with Crippen molar-refractivity contribution in [1.82, 2.24) is 10.6 Å². The van der Waals surface area contributed by atoms with Gasteiger partial charge in [0.2, 0.25) is 5.91 Å². The molecule has 3 aromatic carbocycles. The number of carbonyl (C=O) groups excluding carboxylic acids is 2. The number of amides is 2. The summed E-state index contributed by atoms with van der Waals surface area (Å²) in [7, 11) is 1.60. The number of ether oxygens (including phenoxy) is 1. The number of carbonyl (C=O) groups is 2. The Hall–Kier alpha value is -3.67. The fraction of sp³-hybridized carbons (Fsp3) is 0.231. The van der Waals surface area contributed by atoms with Crippen LogP contribution in [-0.4, -0.2) is 25.5 Å². The van der Waals surface area contributed by atoms with Crippen molar-refractivity contribution in [2.75, 3.05) is 13.7 Å². The smallest absolute Gasteiger partial charge is 0.251 e. The van der Waals surface area contributed by atoms with E-state index in [1.54, 1.807) is 25.3 Å². The minimum absolute atomic E-state index is 0.147. The fourth-order valence-electron chi connectivity index (χ4n) is 3.42. The maximum Gasteiger partial charge on any atom is 0.251 e. The fourth-order valence-corrected chi connectivity index (χ4v) is 3.42. The molecular formula is C26H27FN2O3. The summed E-state index contributed by atoms with van der Waals surface area (Å²) in [5.74, 6) is 0.0367. The maximum absolute atomic E-state index is 13.3. The van der Waals surface area contributed by atoms with Crippen molar-refractivity contribution in [2.45, 2.75) is 25.8 Å². The number of aryl methyl sites for hydroxylation is 1. The lowest BCUT2D eigenvalue weighted by Gasteiger charge is -2.20. The summed E-state index contributed by atoms with van der Waals surface area (Å²) in [5.41, 5.74) is 3.29. The molecule has 1 atom stereocenters. The first-order valence-electron chi connectivity index (χ1n) is 10.5. The van der Waals surface area contributed by atoms with Crippen molar-refractivity contribution < 1.29 is 18.7 Å². The van der Waals surface area contributed by atoms with E-state index in [-0.39, 0.29) is 36.6 Å². The molecular weight excluding hydrogens is 407 g/mol. The lowest BCUT2D eigenvalue weighted by atomic mass is 9.98. The van der Waals surface area contributed by atoms with Gasteiger partial charge in [-0.05, 0) is 60.4 Å². The predicted molar refractivity (Wildman–Crippen MR) is 122 cm³/mol. The molecule has 0 saturated carbocycles. The molecule has 0 aliphatic heterocycles. The molecule has 3 rings (SSSR count). The van der Waals surface area contributed by atoms with Crippen LogP contribution in [0.1, 0.15) is 39.5 Å². The van der Waals surface area contributed by atoms with Gasteiger partial charge < -0.3 is 15.4 Å². The minimum atomic E-state index is -0.303. The Morgan fingerprint density at radius 1 is 0.969 bits per heavy atom. The number of nitrogens with one attached hydrogen (secondary N) is 2. The van der Waals surface area contributed by atoms with Crippen LogP contribution in [0.4, 0.5) is 4.39 Å². The quantitative estimate of drug-likeness (QED) is 0.526. The highest BCUT2D eigenvalue weighted by atomic mass is 19.1. The van der Waals surface area contributed by atoms with E-state index in [1.165, 1.54) is 12.1 Å². The minimum Gasteiger partial charge on any atom is -0.497 e. The number of hydrogen-bond donors (Lipinski definition) is 2. The monoisotopic (exact) mass is 434 g/mol. The van der Waals surface area contributed by atoms with Gasteiger partial charge in [0.25, 0.3) is 5.91 Å². The summed E-state index contributed by atoms with van der Waals surface area (Å²) in [5, 5.41) is 5.83. The van der Waals surface area contributed by atoms with Crippen molar-refractivity contribution >= 4 is 11.8 Å². The summed E-state index contributed by atoms with van der Waals surface area (Å²) in [4.78, 5) is 25.0. The third-order valence-electron chi connectivity index (χ3n) is 5.23. The van der Waals surface area contributed by atoms with Gasteiger partial charge in [-0.25, -0.2) is 4.39 Å². The van der Waals surface area contributed by atoms with Crippen LogP contribution >= 0.6 is 0 Å². The summed E-state index contributed by atoms with van der Waals surface area (Å²) in [6.07, 6.45) is 0.654. The second kappa shape index (κ2) is 11.1. The number of halogens is 1. The molecule has 0 heterocycles. The van der Waals surface area contributed by atoms with Gasteiger partial charge in [-0.1, -0.05) is 42.5 Å². The molecule has 0 aromatic heterocycles. The zero-order chi connectivity index (χ0) is 22.9. The van der Waals surface area contributed by atoms with E-state index in [2.05, 4.69) is 10.6 Å². The number of hydrogen-bond acceptors (Lipinski definition) is 3. The van der Waals surface area contributed by atoms with Crippen molar-refractivity contribution in [3.05, 3.63) is 101 Å². The molecule has 0 bridgehead atoms. The molecule has 0 radical (unpaired) electrons. The van der Waals surface area contributed by atoms with Crippen molar-refractivity contribution in [3.63, 3.8) is 0 Å². The lowest BCUT2D eigenvalue weighted by molar-refractivity contribution is -0.121. The lowest BCUT2D eigenvalue weighted by Crippen LogP contribution is -2.34. The van der Waals surface area contributed by atoms with Crippen LogP contribution < -0.4 is 15.4 Å². The van der Waals surface area contributed by atoms with Crippen LogP contribution in [-0.2, 0) is 11.2 Å². The van der Waals surface area contributed by atoms with Gasteiger partial charge in [-0.2, -0.15) is 0 Å². The van der Waals surface area contributed by atoms with Gasteiger partial charge in [0.1, 0.15) is 11.6 Å². The number of benzene rings is 3. The van der Waals surface area contributed by atoms with Crippen LogP contribution in [0.5, 0.6) is 5.75 Å². The van der Waals surface area contributed by atoms with Gasteiger partial charge >= 0.3 is 0 Å². The Morgan fingerprint density at radius 2 is 1.66 bits per heavy atom. The molecule has 6 heteroatoms. The van der Waals surface area contributed by atoms with E-state index in [0.29, 0.717) is 12.0 Å². The van der Waals surface area contributed by atoms with Crippen molar-refractivity contribution in [1.29, 1.82) is 0 Å². The van der Waals surface area contributed by atoms with Crippen LogP contribution in [0.3, 0.4) is 0 Å². The third-order valence-corrected chi connectivity index (χ3v) is 5.23. The SMILES string of the molecule is COc1ccc(C(Cc2ccc(F)cc2)NC(=O)CCNC(=O)c2ccccc2C)cc1. The molecule has 0 aliphatic rings. The normalized spacial score (nSPS) is 11.5. The molecule has 0 fully saturated rings. The standard InChI is InChI=1S/C26H27FN2O3/c1-18-5-3-4-6-23(18)26(31)28-16-15-25(30)29-24(17-19-7-11-21(27)12-8-19)20-9-13-22(32-2)14-10-20/h3-14,24H,15-17H2,1-2H3,(H,28,31)(H,29,30). The largest absolute Gasteiger partial charge is 0.497 e. The Balaban J connectivity index is 1.62. The molecule has 3 aromatic rings. The predicted octanol–water partition coefficient (Wildman–Crippen LogP) is 4.36. The second-order valence-corrected chi connectivity index (χ2v) is 7.54. The van der Waals surface area contributed by atoms with Gasteiger partial charge in [0.05, 0.1) is 13.2 Å². The first-order chi connectivity index (χ1) is 15.5. The van der Waals surface area contributed by atoms with Crippen LogP contribution in [0.15, 0.2) is 72.8 Å². The van der Waals surface area contributed by atoms with Gasteiger partial charge in [-0.15, -0.1) is 0 Å². The van der Waals surface area contributed by atoms with E-state index in [9.17, 15) is 14.0 Å². The molecule has 166 valence electrons. The zero-order valence-corrected chi connectivity index (χ0v) is 18.2. The molecule has 2 N–H and O–H groups in total. The van der Waals surface area contributed by atoms with Gasteiger partial charge in [-0.3, -0.25) is 9.59 Å². The third kappa shape index (κ3) is 6.41. The molecule has 32 heavy (non-hydrogen) atoms. The Bertz CT molecular complexity index is 1050. The highest BCUT2D eigenvalue weighted by Crippen LogP contribution is 2.22. The summed E-state index contributed by atoms with van der Waals surface area (Å²) < 4.78 is 18.5. The van der Waals surface area contributed by atoms with Crippen LogP contribution in [0, 0.1) is 12.7 Å². The van der Waals surface area contributed by atoms with E-state index in [0.717, 1.165) is 22.4 Å². The number of rotatable bonds is 9. The first-order valence-corrected chi connectivity index (χ1v) is 10.5. The first kappa shape index (κ1) is 23.0. The summed E-state index contributed by atoms with van der Waals surface area (Å²) in [6, 6.07) is 20.7. The molecule has 0 saturated heterocycles. The summed E-state index contributed by atoms with van der Waals surface area (Å²) >= 11 is 0. The van der Waals surface area contributed by atoms with Crippen LogP contribution in [0.2, 0.25) is 0 Å². The summed E-state index contributed by atoms with van der Waals surface area (Å²) in [6.45, 7) is 2.10. The molecule has 0 aliphatic carbocycles. The van der Waals surface area contributed by atoms with E-state index in [1.807, 2.05) is 49.4 Å². The molecule has 2 amide bonds. The highest BCUT2D eigenvalue weighted by molar-refractivity contribution is 5.95. The Kier molecular flexibility index (Phi) is 7.97. The molecule has 5 nitrogen and oxygen atoms in total. The molecule has 1 unspecified atom stereocenters. The van der Waals surface area contributed by atoms with Crippen LogP contribution in [0.25, 0.3) is 0 Å². The maximum atomic E-state index is 13.3. The average Bonchev–Trinajstić information content (AvgIpc) is 2.80. The van der Waals surface area contributed by atoms with Crippen molar-refractivity contribution in [3.8, 4) is 5.75 Å². The number of methoxy groups -OCH3 is 1. The zero-order valence-electron chi connectivity index (χ0n) is 18.2. The van der Waals surface area contributed by atoms with E-state index >= 15 is 0 Å². The van der Waals surface area contributed by atoms with E-state index < -0.39 is 0 Å². The molecule has 0 spiro atoms. The van der Waals surface area contributed by atoms with Gasteiger partial charge in [0, 0.05) is 18.5 Å². The van der Waals surface area contributed by atoms with E-state index in [4.69, 9.17) is 4.74 Å². The van der Waals surface area contributed by atoms with Crippen molar-refractivity contribution in [2.24, 2.45) is 0 Å². The topological polar surface area (TPSA) is 67.4 Å². The Labute approximate surface area is 187 Å². The second-order valence-electron chi connectivity index (χ2n) is 7.54. The van der Waals surface area contributed by atoms with Gasteiger partial charge in [0.15, 0.2) is 0 Å². The Morgan fingerprint density at radius 3 is 2.31 bits per heavy atom.